The highest BCUT2D eigenvalue weighted by atomic mass is 35.5. The topological polar surface area (TPSA) is 59.7 Å². The Morgan fingerprint density at radius 2 is 2.06 bits per heavy atom. The molecule has 0 aliphatic carbocycles. The van der Waals surface area contributed by atoms with Gasteiger partial charge in [-0.3, -0.25) is 0 Å². The molecule has 0 bridgehead atoms. The molecule has 0 aliphatic heterocycles. The summed E-state index contributed by atoms with van der Waals surface area (Å²) < 4.78 is 10.2. The van der Waals surface area contributed by atoms with Crippen molar-refractivity contribution in [3.8, 4) is 5.95 Å². The molecule has 0 spiro atoms. The largest absolute Gasteiger partial charge is 0.475 e. The van der Waals surface area contributed by atoms with E-state index in [2.05, 4.69) is 0 Å². The van der Waals surface area contributed by atoms with Gasteiger partial charge in [-0.05, 0) is 18.2 Å². The van der Waals surface area contributed by atoms with Crippen LogP contribution >= 0.6 is 23.2 Å². The van der Waals surface area contributed by atoms with E-state index in [1.54, 1.807) is 18.2 Å². The zero-order valence-corrected chi connectivity index (χ0v) is 10.5. The number of halogens is 2. The van der Waals surface area contributed by atoms with Crippen LogP contribution < -0.4 is 4.74 Å². The van der Waals surface area contributed by atoms with Crippen LogP contribution in [0.2, 0.25) is 10.0 Å². The number of hydrogen-bond acceptors (Lipinski definition) is 3. The average molecular weight is 287 g/mol. The van der Waals surface area contributed by atoms with E-state index >= 15 is 0 Å². The summed E-state index contributed by atoms with van der Waals surface area (Å²) in [5.41, 5.74) is 0.731. The van der Waals surface area contributed by atoms with Crippen LogP contribution in [0.5, 0.6) is 5.95 Å². The molecule has 0 saturated carbocycles. The Kier molecular flexibility index (Phi) is 3.79. The fourth-order valence-electron chi connectivity index (χ4n) is 1.30. The van der Waals surface area contributed by atoms with E-state index in [-0.39, 0.29) is 18.3 Å². The summed E-state index contributed by atoms with van der Waals surface area (Å²) in [5, 5.41) is 9.69. The molecule has 0 amide bonds. The third-order valence-corrected chi connectivity index (χ3v) is 2.76. The van der Waals surface area contributed by atoms with Crippen LogP contribution in [-0.4, -0.2) is 11.1 Å². The molecule has 6 heteroatoms. The van der Waals surface area contributed by atoms with Gasteiger partial charge in [0.05, 0.1) is 0 Å². The minimum Gasteiger partial charge on any atom is -0.475 e. The first-order chi connectivity index (χ1) is 8.56. The van der Waals surface area contributed by atoms with E-state index in [0.29, 0.717) is 10.0 Å². The zero-order valence-electron chi connectivity index (χ0n) is 9.02. The van der Waals surface area contributed by atoms with Crippen molar-refractivity contribution in [1.82, 2.24) is 0 Å². The van der Waals surface area contributed by atoms with Gasteiger partial charge in [0.1, 0.15) is 6.61 Å². The Morgan fingerprint density at radius 1 is 1.28 bits per heavy atom. The predicted molar refractivity (Wildman–Crippen MR) is 66.5 cm³/mol. The Labute approximate surface area is 113 Å². The second-order valence-electron chi connectivity index (χ2n) is 3.45. The second kappa shape index (κ2) is 5.33. The summed E-state index contributed by atoms with van der Waals surface area (Å²) in [6, 6.07) is 7.78. The fourth-order valence-corrected chi connectivity index (χ4v) is 1.76. The van der Waals surface area contributed by atoms with Gasteiger partial charge in [-0.25, -0.2) is 4.79 Å². The van der Waals surface area contributed by atoms with Crippen molar-refractivity contribution in [3.05, 3.63) is 51.7 Å². The van der Waals surface area contributed by atoms with Gasteiger partial charge in [0, 0.05) is 21.7 Å². The molecule has 1 N–H and O–H groups in total. The summed E-state index contributed by atoms with van der Waals surface area (Å²) in [5.74, 6) is -1.19. The quantitative estimate of drug-likeness (QED) is 0.927. The highest BCUT2D eigenvalue weighted by molar-refractivity contribution is 6.35. The van der Waals surface area contributed by atoms with Crippen molar-refractivity contribution >= 4 is 29.2 Å². The fraction of sp³-hybridized carbons (Fsp3) is 0.0833. The molecule has 2 rings (SSSR count). The molecule has 1 heterocycles. The molecule has 18 heavy (non-hydrogen) atoms. The molecule has 0 unspecified atom stereocenters. The molecular weight excluding hydrogens is 279 g/mol. The van der Waals surface area contributed by atoms with Crippen LogP contribution in [0.25, 0.3) is 0 Å². The van der Waals surface area contributed by atoms with Crippen molar-refractivity contribution in [2.24, 2.45) is 0 Å². The summed E-state index contributed by atoms with van der Waals surface area (Å²) in [4.78, 5) is 10.6. The molecule has 0 radical (unpaired) electrons. The highest BCUT2D eigenvalue weighted by Crippen LogP contribution is 2.23. The van der Waals surface area contributed by atoms with Crippen molar-refractivity contribution in [1.29, 1.82) is 0 Å². The number of rotatable bonds is 4. The van der Waals surface area contributed by atoms with Crippen molar-refractivity contribution < 1.29 is 19.1 Å². The molecule has 1 aromatic carbocycles. The van der Waals surface area contributed by atoms with Gasteiger partial charge in [0.15, 0.2) is 0 Å². The first-order valence-electron chi connectivity index (χ1n) is 4.96. The number of furan rings is 1. The molecule has 0 fully saturated rings. The number of carboxylic acids is 1. The van der Waals surface area contributed by atoms with Gasteiger partial charge < -0.3 is 14.3 Å². The maximum atomic E-state index is 10.6. The standard InChI is InChI=1S/C12H8Cl2O4/c13-8-2-1-7(9(14)5-8)6-17-11-4-3-10(18-11)12(15)16/h1-5H,6H2,(H,15,16). The van der Waals surface area contributed by atoms with Crippen LogP contribution in [0.4, 0.5) is 0 Å². The maximum Gasteiger partial charge on any atom is 0.371 e. The molecule has 1 aromatic heterocycles. The number of carboxylic acid groups (broad SMARTS) is 1. The Balaban J connectivity index is 2.04. The van der Waals surface area contributed by atoms with E-state index in [0.717, 1.165) is 5.56 Å². The van der Waals surface area contributed by atoms with Crippen LogP contribution in [-0.2, 0) is 6.61 Å². The van der Waals surface area contributed by atoms with Crippen LogP contribution in [0.1, 0.15) is 16.1 Å². The summed E-state index contributed by atoms with van der Waals surface area (Å²) >= 11 is 11.7. The van der Waals surface area contributed by atoms with Crippen LogP contribution in [0.15, 0.2) is 34.7 Å². The van der Waals surface area contributed by atoms with E-state index < -0.39 is 5.97 Å². The number of aromatic carboxylic acids is 1. The number of hydrogen-bond donors (Lipinski definition) is 1. The van der Waals surface area contributed by atoms with E-state index in [1.165, 1.54) is 12.1 Å². The molecule has 0 atom stereocenters. The van der Waals surface area contributed by atoms with Gasteiger partial charge >= 0.3 is 5.97 Å². The highest BCUT2D eigenvalue weighted by Gasteiger charge is 2.10. The molecule has 0 saturated heterocycles. The molecule has 4 nitrogen and oxygen atoms in total. The first-order valence-corrected chi connectivity index (χ1v) is 5.71. The van der Waals surface area contributed by atoms with E-state index in [9.17, 15) is 4.79 Å². The van der Waals surface area contributed by atoms with Gasteiger partial charge in [0.2, 0.25) is 5.76 Å². The van der Waals surface area contributed by atoms with Crippen LogP contribution in [0, 0.1) is 0 Å². The van der Waals surface area contributed by atoms with E-state index in [1.807, 2.05) is 0 Å². The minimum atomic E-state index is -1.14. The number of ether oxygens (including phenoxy) is 1. The first kappa shape index (κ1) is 12.8. The Bertz CT molecular complexity index is 577. The zero-order chi connectivity index (χ0) is 13.1. The summed E-state index contributed by atoms with van der Waals surface area (Å²) in [7, 11) is 0. The van der Waals surface area contributed by atoms with Gasteiger partial charge in [-0.2, -0.15) is 0 Å². The second-order valence-corrected chi connectivity index (χ2v) is 4.29. The third-order valence-electron chi connectivity index (χ3n) is 2.18. The molecule has 94 valence electrons. The van der Waals surface area contributed by atoms with Crippen molar-refractivity contribution in [3.63, 3.8) is 0 Å². The lowest BCUT2D eigenvalue weighted by atomic mass is 10.2. The minimum absolute atomic E-state index is 0.124. The van der Waals surface area contributed by atoms with Crippen molar-refractivity contribution in [2.75, 3.05) is 0 Å². The Morgan fingerprint density at radius 3 is 2.67 bits per heavy atom. The molecular formula is C12H8Cl2O4. The molecule has 0 aliphatic rings. The smallest absolute Gasteiger partial charge is 0.371 e. The van der Waals surface area contributed by atoms with Gasteiger partial charge in [-0.1, -0.05) is 29.3 Å². The van der Waals surface area contributed by atoms with Gasteiger partial charge in [0.25, 0.3) is 5.95 Å². The normalized spacial score (nSPS) is 10.3. The van der Waals surface area contributed by atoms with Gasteiger partial charge in [-0.15, -0.1) is 0 Å². The number of carbonyl (C=O) groups is 1. The lowest BCUT2D eigenvalue weighted by molar-refractivity contribution is 0.0652. The van der Waals surface area contributed by atoms with E-state index in [4.69, 9.17) is 37.5 Å². The SMILES string of the molecule is O=C(O)c1ccc(OCc2ccc(Cl)cc2Cl)o1. The summed E-state index contributed by atoms with van der Waals surface area (Å²) in [6.45, 7) is 0.169. The van der Waals surface area contributed by atoms with Crippen LogP contribution in [0.3, 0.4) is 0 Å². The number of benzene rings is 1. The monoisotopic (exact) mass is 286 g/mol. The maximum absolute atomic E-state index is 10.6. The Hall–Kier alpha value is -1.65. The van der Waals surface area contributed by atoms with Crippen molar-refractivity contribution in [2.45, 2.75) is 6.61 Å². The lowest BCUT2D eigenvalue weighted by Crippen LogP contribution is -1.96. The lowest BCUT2D eigenvalue weighted by Gasteiger charge is -2.05. The predicted octanol–water partition coefficient (Wildman–Crippen LogP) is 3.86. The summed E-state index contributed by atoms with van der Waals surface area (Å²) in [6.07, 6.45) is 0. The average Bonchev–Trinajstić information content (AvgIpc) is 2.76. The third kappa shape index (κ3) is 2.97. The molecule has 2 aromatic rings.